The summed E-state index contributed by atoms with van der Waals surface area (Å²) in [6.07, 6.45) is -0.299. The average molecular weight is 375 g/mol. The van der Waals surface area contributed by atoms with Gasteiger partial charge < -0.3 is 14.8 Å². The smallest absolute Gasteiger partial charge is 0.232 e. The molecule has 0 aliphatic carbocycles. The Bertz CT molecular complexity index is 841. The minimum absolute atomic E-state index is 0.0608. The van der Waals surface area contributed by atoms with Crippen LogP contribution in [0.25, 0.3) is 0 Å². The number of carbonyl (C=O) groups excluding carboxylic acids is 1. The van der Waals surface area contributed by atoms with E-state index in [1.165, 1.54) is 0 Å². The molecule has 1 atom stereocenters. The molecule has 4 nitrogen and oxygen atoms in total. The maximum absolute atomic E-state index is 13.2. The lowest BCUT2D eigenvalue weighted by molar-refractivity contribution is -0.122. The summed E-state index contributed by atoms with van der Waals surface area (Å²) in [6.45, 7) is 0.353. The molecule has 0 aromatic heterocycles. The first-order valence-corrected chi connectivity index (χ1v) is 9.28. The molecule has 0 fully saturated rings. The molecule has 28 heavy (non-hydrogen) atoms. The van der Waals surface area contributed by atoms with Crippen molar-refractivity contribution in [3.8, 4) is 5.75 Å². The number of ether oxygens (including phenoxy) is 2. The summed E-state index contributed by atoms with van der Waals surface area (Å²) in [6, 6.07) is 27.3. The van der Waals surface area contributed by atoms with Gasteiger partial charge in [-0.15, -0.1) is 0 Å². The number of hydrogen-bond donors (Lipinski definition) is 1. The fourth-order valence-corrected chi connectivity index (χ4v) is 3.33. The van der Waals surface area contributed by atoms with Gasteiger partial charge >= 0.3 is 0 Å². The van der Waals surface area contributed by atoms with Crippen LogP contribution in [0.1, 0.15) is 28.7 Å². The van der Waals surface area contributed by atoms with E-state index in [2.05, 4.69) is 5.32 Å². The second-order valence-electron chi connectivity index (χ2n) is 6.47. The standard InChI is InChI=1S/C24H25NO3/c1-27-21-16-10-9-15-20(21)22(28-2)17-25-24(26)23(18-11-5-3-6-12-18)19-13-7-4-8-14-19/h3-16,22-23H,17H2,1-2H3,(H,25,26). The van der Waals surface area contributed by atoms with Gasteiger partial charge in [0.05, 0.1) is 13.0 Å². The molecular weight excluding hydrogens is 350 g/mol. The van der Waals surface area contributed by atoms with Crippen LogP contribution in [0.5, 0.6) is 5.75 Å². The summed E-state index contributed by atoms with van der Waals surface area (Å²) in [5.74, 6) is 0.304. The number of amides is 1. The van der Waals surface area contributed by atoms with Gasteiger partial charge in [-0.1, -0.05) is 78.9 Å². The van der Waals surface area contributed by atoms with Crippen LogP contribution in [-0.2, 0) is 9.53 Å². The van der Waals surface area contributed by atoms with E-state index in [1.807, 2.05) is 84.9 Å². The third-order valence-corrected chi connectivity index (χ3v) is 4.76. The highest BCUT2D eigenvalue weighted by molar-refractivity contribution is 5.87. The molecule has 3 rings (SSSR count). The van der Waals surface area contributed by atoms with Gasteiger partial charge in [-0.3, -0.25) is 4.79 Å². The normalized spacial score (nSPS) is 11.8. The molecule has 3 aromatic carbocycles. The van der Waals surface area contributed by atoms with Crippen molar-refractivity contribution in [2.45, 2.75) is 12.0 Å². The van der Waals surface area contributed by atoms with Crippen molar-refractivity contribution < 1.29 is 14.3 Å². The molecule has 0 spiro atoms. The molecule has 0 saturated carbocycles. The Kier molecular flexibility index (Phi) is 6.82. The molecule has 0 radical (unpaired) electrons. The summed E-state index contributed by atoms with van der Waals surface area (Å²) >= 11 is 0. The van der Waals surface area contributed by atoms with Crippen LogP contribution >= 0.6 is 0 Å². The van der Waals surface area contributed by atoms with Crippen LogP contribution in [0.4, 0.5) is 0 Å². The van der Waals surface area contributed by atoms with Gasteiger partial charge in [-0.25, -0.2) is 0 Å². The van der Waals surface area contributed by atoms with Crippen molar-refractivity contribution in [2.75, 3.05) is 20.8 Å². The Balaban J connectivity index is 1.80. The minimum Gasteiger partial charge on any atom is -0.496 e. The number of carbonyl (C=O) groups is 1. The third kappa shape index (κ3) is 4.59. The lowest BCUT2D eigenvalue weighted by Crippen LogP contribution is -2.34. The van der Waals surface area contributed by atoms with E-state index in [0.717, 1.165) is 22.4 Å². The van der Waals surface area contributed by atoms with Gasteiger partial charge in [0, 0.05) is 19.2 Å². The van der Waals surface area contributed by atoms with E-state index in [1.54, 1.807) is 14.2 Å². The predicted molar refractivity (Wildman–Crippen MR) is 110 cm³/mol. The number of para-hydroxylation sites is 1. The van der Waals surface area contributed by atoms with Crippen molar-refractivity contribution in [3.63, 3.8) is 0 Å². The monoisotopic (exact) mass is 375 g/mol. The molecule has 4 heteroatoms. The van der Waals surface area contributed by atoms with E-state index in [4.69, 9.17) is 9.47 Å². The van der Waals surface area contributed by atoms with Crippen molar-refractivity contribution in [2.24, 2.45) is 0 Å². The molecule has 0 heterocycles. The van der Waals surface area contributed by atoms with Crippen molar-refractivity contribution in [1.29, 1.82) is 0 Å². The van der Waals surface area contributed by atoms with Crippen LogP contribution < -0.4 is 10.1 Å². The fourth-order valence-electron chi connectivity index (χ4n) is 3.33. The summed E-state index contributed by atoms with van der Waals surface area (Å²) < 4.78 is 11.1. The SMILES string of the molecule is COc1ccccc1C(CNC(=O)C(c1ccccc1)c1ccccc1)OC. The van der Waals surface area contributed by atoms with E-state index >= 15 is 0 Å². The van der Waals surface area contributed by atoms with E-state index in [9.17, 15) is 4.79 Å². The van der Waals surface area contributed by atoms with Gasteiger partial charge in [0.2, 0.25) is 5.91 Å². The number of methoxy groups -OCH3 is 2. The highest BCUT2D eigenvalue weighted by Crippen LogP contribution is 2.28. The van der Waals surface area contributed by atoms with Gasteiger partial charge in [0.1, 0.15) is 11.9 Å². The molecule has 144 valence electrons. The Morgan fingerprint density at radius 1 is 0.821 bits per heavy atom. The van der Waals surface area contributed by atoms with Crippen molar-refractivity contribution in [1.82, 2.24) is 5.32 Å². The van der Waals surface area contributed by atoms with Gasteiger partial charge in [0.25, 0.3) is 0 Å². The molecule has 0 aliphatic heterocycles. The lowest BCUT2D eigenvalue weighted by Gasteiger charge is -2.22. The molecule has 1 N–H and O–H groups in total. The first-order chi connectivity index (χ1) is 13.7. The first-order valence-electron chi connectivity index (χ1n) is 9.28. The number of hydrogen-bond acceptors (Lipinski definition) is 3. The third-order valence-electron chi connectivity index (χ3n) is 4.76. The summed E-state index contributed by atoms with van der Waals surface area (Å²) in [5.41, 5.74) is 2.82. The molecule has 0 bridgehead atoms. The second kappa shape index (κ2) is 9.72. The Morgan fingerprint density at radius 2 is 1.36 bits per heavy atom. The number of benzene rings is 3. The van der Waals surface area contributed by atoms with E-state index < -0.39 is 0 Å². The van der Waals surface area contributed by atoms with Gasteiger partial charge in [-0.05, 0) is 17.2 Å². The molecular formula is C24H25NO3. The van der Waals surface area contributed by atoms with Crippen molar-refractivity contribution >= 4 is 5.91 Å². The maximum atomic E-state index is 13.2. The van der Waals surface area contributed by atoms with Gasteiger partial charge in [-0.2, -0.15) is 0 Å². The lowest BCUT2D eigenvalue weighted by atomic mass is 9.90. The largest absolute Gasteiger partial charge is 0.496 e. The Morgan fingerprint density at radius 3 is 1.89 bits per heavy atom. The topological polar surface area (TPSA) is 47.6 Å². The quantitative estimate of drug-likeness (QED) is 0.637. The summed E-state index contributed by atoms with van der Waals surface area (Å²) in [7, 11) is 3.26. The van der Waals surface area contributed by atoms with Crippen LogP contribution in [-0.4, -0.2) is 26.7 Å². The zero-order valence-corrected chi connectivity index (χ0v) is 16.2. The summed E-state index contributed by atoms with van der Waals surface area (Å²) in [5, 5.41) is 3.06. The Labute approximate surface area is 166 Å². The highest BCUT2D eigenvalue weighted by Gasteiger charge is 2.24. The maximum Gasteiger partial charge on any atom is 0.232 e. The summed E-state index contributed by atoms with van der Waals surface area (Å²) in [4.78, 5) is 13.2. The van der Waals surface area contributed by atoms with Crippen LogP contribution in [0.15, 0.2) is 84.9 Å². The van der Waals surface area contributed by atoms with Crippen LogP contribution in [0.2, 0.25) is 0 Å². The first kappa shape index (κ1) is 19.6. The van der Waals surface area contributed by atoms with Crippen LogP contribution in [0.3, 0.4) is 0 Å². The Hall–Kier alpha value is -3.11. The fraction of sp³-hybridized carbons (Fsp3) is 0.208. The van der Waals surface area contributed by atoms with E-state index in [0.29, 0.717) is 6.54 Å². The highest BCUT2D eigenvalue weighted by atomic mass is 16.5. The minimum atomic E-state index is -0.377. The van der Waals surface area contributed by atoms with Gasteiger partial charge in [0.15, 0.2) is 0 Å². The zero-order valence-electron chi connectivity index (χ0n) is 16.2. The molecule has 3 aromatic rings. The van der Waals surface area contributed by atoms with E-state index in [-0.39, 0.29) is 17.9 Å². The molecule has 0 aliphatic rings. The second-order valence-corrected chi connectivity index (χ2v) is 6.47. The number of rotatable bonds is 8. The van der Waals surface area contributed by atoms with Crippen molar-refractivity contribution in [3.05, 3.63) is 102 Å². The molecule has 1 amide bonds. The average Bonchev–Trinajstić information content (AvgIpc) is 2.76. The zero-order chi connectivity index (χ0) is 19.8. The molecule has 1 unspecified atom stereocenters. The molecule has 0 saturated heterocycles. The van der Waals surface area contributed by atoms with Crippen LogP contribution in [0, 0.1) is 0 Å². The predicted octanol–water partition coefficient (Wildman–Crippen LogP) is 4.33. The number of nitrogens with one attached hydrogen (secondary N) is 1.